The molecule has 7 nitrogen and oxygen atoms in total. The average molecular weight is 362 g/mol. The molecule has 1 aromatic carbocycles. The molecule has 7 heteroatoms. The molecule has 2 unspecified atom stereocenters. The van der Waals surface area contributed by atoms with Gasteiger partial charge in [0.25, 0.3) is 0 Å². The maximum Gasteiger partial charge on any atom is 0.335 e. The van der Waals surface area contributed by atoms with Crippen LogP contribution in [-0.2, 0) is 16.0 Å². The van der Waals surface area contributed by atoms with Gasteiger partial charge in [0.2, 0.25) is 0 Å². The minimum atomic E-state index is -0.960. The fraction of sp³-hybridized carbons (Fsp3) is 0.579. The molecule has 2 fully saturated rings. The summed E-state index contributed by atoms with van der Waals surface area (Å²) in [6.07, 6.45) is 2.82. The minimum Gasteiger partial charge on any atom is -0.478 e. The van der Waals surface area contributed by atoms with Gasteiger partial charge in [-0.05, 0) is 43.9 Å². The number of carboxylic acid groups (broad SMARTS) is 1. The second-order valence-corrected chi connectivity index (χ2v) is 6.91. The first-order valence-corrected chi connectivity index (χ1v) is 9.11. The average Bonchev–Trinajstić information content (AvgIpc) is 2.66. The number of carbonyl (C=O) groups is 2. The van der Waals surface area contributed by atoms with Crippen molar-refractivity contribution < 1.29 is 24.2 Å². The first-order valence-electron chi connectivity index (χ1n) is 9.11. The number of nitrogens with one attached hydrogen (secondary N) is 2. The van der Waals surface area contributed by atoms with Crippen LogP contribution in [0.25, 0.3) is 0 Å². The Balaban J connectivity index is 1.52. The lowest BCUT2D eigenvalue weighted by molar-refractivity contribution is -0.169. The lowest BCUT2D eigenvalue weighted by atomic mass is 9.57. The fourth-order valence-corrected chi connectivity index (χ4v) is 3.96. The number of rotatable bonds is 6. The lowest BCUT2D eigenvalue weighted by Gasteiger charge is -2.57. The standard InChI is InChI=1S/C19H26N2O5/c1-2-26-16-11-15(19(16)7-9-25-10-8-19)21-18(24)20-12-13-3-5-14(6-4-13)17(22)23/h3-6,15-16H,2,7-12H2,1H3,(H,22,23)(H2,20,21,24). The molecule has 2 amide bonds. The number of amides is 2. The Morgan fingerprint density at radius 1 is 1.27 bits per heavy atom. The Morgan fingerprint density at radius 3 is 2.58 bits per heavy atom. The zero-order valence-corrected chi connectivity index (χ0v) is 15.0. The normalized spacial score (nSPS) is 23.9. The topological polar surface area (TPSA) is 96.9 Å². The first kappa shape index (κ1) is 18.7. The van der Waals surface area contributed by atoms with E-state index in [-0.39, 0.29) is 29.2 Å². The molecule has 1 saturated heterocycles. The van der Waals surface area contributed by atoms with E-state index in [4.69, 9.17) is 14.6 Å². The predicted molar refractivity (Wildman–Crippen MR) is 95.1 cm³/mol. The van der Waals surface area contributed by atoms with E-state index in [0.717, 1.165) is 24.8 Å². The molecule has 2 aliphatic rings. The van der Waals surface area contributed by atoms with Crippen LogP contribution in [0.15, 0.2) is 24.3 Å². The molecule has 26 heavy (non-hydrogen) atoms. The van der Waals surface area contributed by atoms with Crippen molar-refractivity contribution in [1.29, 1.82) is 0 Å². The molecule has 1 heterocycles. The summed E-state index contributed by atoms with van der Waals surface area (Å²) in [4.78, 5) is 23.2. The predicted octanol–water partition coefficient (Wildman–Crippen LogP) is 2.16. The number of hydrogen-bond donors (Lipinski definition) is 3. The summed E-state index contributed by atoms with van der Waals surface area (Å²) < 4.78 is 11.4. The van der Waals surface area contributed by atoms with Gasteiger partial charge in [-0.25, -0.2) is 9.59 Å². The molecule has 1 aliphatic heterocycles. The molecule has 0 bridgehead atoms. The molecule has 0 radical (unpaired) electrons. The second kappa shape index (κ2) is 8.05. The third kappa shape index (κ3) is 3.83. The second-order valence-electron chi connectivity index (χ2n) is 6.91. The van der Waals surface area contributed by atoms with Gasteiger partial charge < -0.3 is 25.2 Å². The number of carbonyl (C=O) groups excluding carboxylic acids is 1. The summed E-state index contributed by atoms with van der Waals surface area (Å²) in [5.41, 5.74) is 1.07. The Kier molecular flexibility index (Phi) is 5.78. The summed E-state index contributed by atoms with van der Waals surface area (Å²) in [6.45, 7) is 4.44. The Morgan fingerprint density at radius 2 is 1.96 bits per heavy atom. The zero-order chi connectivity index (χ0) is 18.6. The van der Waals surface area contributed by atoms with E-state index < -0.39 is 5.97 Å². The number of aromatic carboxylic acids is 1. The van der Waals surface area contributed by atoms with Crippen LogP contribution in [-0.4, -0.2) is 49.1 Å². The van der Waals surface area contributed by atoms with E-state index in [1.165, 1.54) is 12.1 Å². The Hall–Kier alpha value is -2.12. The van der Waals surface area contributed by atoms with Gasteiger partial charge in [-0.15, -0.1) is 0 Å². The van der Waals surface area contributed by atoms with E-state index in [0.29, 0.717) is 26.4 Å². The number of benzene rings is 1. The van der Waals surface area contributed by atoms with Gasteiger partial charge in [0.15, 0.2) is 0 Å². The van der Waals surface area contributed by atoms with Crippen molar-refractivity contribution in [1.82, 2.24) is 10.6 Å². The third-order valence-electron chi connectivity index (χ3n) is 5.54. The molecule has 1 aromatic rings. The number of hydrogen-bond acceptors (Lipinski definition) is 4. The van der Waals surface area contributed by atoms with Crippen LogP contribution in [0.2, 0.25) is 0 Å². The maximum atomic E-state index is 12.3. The van der Waals surface area contributed by atoms with Gasteiger partial charge in [-0.1, -0.05) is 12.1 Å². The van der Waals surface area contributed by atoms with Crippen molar-refractivity contribution in [2.75, 3.05) is 19.8 Å². The van der Waals surface area contributed by atoms with Gasteiger partial charge in [0.05, 0.1) is 11.7 Å². The highest BCUT2D eigenvalue weighted by atomic mass is 16.5. The summed E-state index contributed by atoms with van der Waals surface area (Å²) >= 11 is 0. The molecule has 0 aromatic heterocycles. The van der Waals surface area contributed by atoms with Crippen LogP contribution in [0, 0.1) is 5.41 Å². The van der Waals surface area contributed by atoms with Crippen molar-refractivity contribution >= 4 is 12.0 Å². The van der Waals surface area contributed by atoms with Crippen LogP contribution in [0.3, 0.4) is 0 Å². The van der Waals surface area contributed by atoms with Crippen LogP contribution >= 0.6 is 0 Å². The smallest absolute Gasteiger partial charge is 0.335 e. The van der Waals surface area contributed by atoms with Crippen molar-refractivity contribution in [2.24, 2.45) is 5.41 Å². The Bertz CT molecular complexity index is 640. The highest BCUT2D eigenvalue weighted by Crippen LogP contribution is 2.50. The van der Waals surface area contributed by atoms with Gasteiger partial charge in [0.1, 0.15) is 0 Å². The van der Waals surface area contributed by atoms with Crippen LogP contribution in [0.1, 0.15) is 42.1 Å². The van der Waals surface area contributed by atoms with Crippen molar-refractivity contribution in [3.05, 3.63) is 35.4 Å². The third-order valence-corrected chi connectivity index (χ3v) is 5.54. The quantitative estimate of drug-likeness (QED) is 0.721. The van der Waals surface area contributed by atoms with E-state index >= 15 is 0 Å². The zero-order valence-electron chi connectivity index (χ0n) is 15.0. The number of urea groups is 1. The highest BCUT2D eigenvalue weighted by molar-refractivity contribution is 5.87. The van der Waals surface area contributed by atoms with Crippen LogP contribution in [0.5, 0.6) is 0 Å². The van der Waals surface area contributed by atoms with Crippen LogP contribution in [0.4, 0.5) is 4.79 Å². The van der Waals surface area contributed by atoms with E-state index in [1.807, 2.05) is 6.92 Å². The summed E-state index contributed by atoms with van der Waals surface area (Å²) in [5.74, 6) is -0.960. The van der Waals surface area contributed by atoms with Crippen molar-refractivity contribution in [3.63, 3.8) is 0 Å². The van der Waals surface area contributed by atoms with Crippen LogP contribution < -0.4 is 10.6 Å². The molecule has 2 atom stereocenters. The molecule has 3 N–H and O–H groups in total. The molecule has 1 spiro atoms. The van der Waals surface area contributed by atoms with Gasteiger partial charge in [-0.2, -0.15) is 0 Å². The summed E-state index contributed by atoms with van der Waals surface area (Å²) in [7, 11) is 0. The van der Waals surface area contributed by atoms with Crippen molar-refractivity contribution in [2.45, 2.75) is 44.9 Å². The first-order chi connectivity index (χ1) is 12.5. The Labute approximate surface area is 153 Å². The van der Waals surface area contributed by atoms with Gasteiger partial charge >= 0.3 is 12.0 Å². The molecular formula is C19H26N2O5. The number of carboxylic acids is 1. The monoisotopic (exact) mass is 362 g/mol. The van der Waals surface area contributed by atoms with Gasteiger partial charge in [0, 0.05) is 37.8 Å². The largest absolute Gasteiger partial charge is 0.478 e. The van der Waals surface area contributed by atoms with Crippen molar-refractivity contribution in [3.8, 4) is 0 Å². The molecule has 142 valence electrons. The SMILES string of the molecule is CCOC1CC(NC(=O)NCc2ccc(C(=O)O)cc2)C12CCOCC2. The molecular weight excluding hydrogens is 336 g/mol. The summed E-state index contributed by atoms with van der Waals surface area (Å²) in [5, 5.41) is 14.8. The fourth-order valence-electron chi connectivity index (χ4n) is 3.96. The van der Waals surface area contributed by atoms with Gasteiger partial charge in [-0.3, -0.25) is 0 Å². The summed E-state index contributed by atoms with van der Waals surface area (Å²) in [6, 6.07) is 6.37. The van der Waals surface area contributed by atoms with E-state index in [1.54, 1.807) is 12.1 Å². The molecule has 1 saturated carbocycles. The lowest BCUT2D eigenvalue weighted by Crippen LogP contribution is -2.67. The maximum absolute atomic E-state index is 12.3. The minimum absolute atomic E-state index is 0.0191. The van der Waals surface area contributed by atoms with E-state index in [9.17, 15) is 9.59 Å². The molecule has 1 aliphatic carbocycles. The number of ether oxygens (including phenoxy) is 2. The molecule has 3 rings (SSSR count). The highest BCUT2D eigenvalue weighted by Gasteiger charge is 2.56. The van der Waals surface area contributed by atoms with E-state index in [2.05, 4.69) is 10.6 Å².